The van der Waals surface area contributed by atoms with E-state index in [4.69, 9.17) is 15.9 Å². The van der Waals surface area contributed by atoms with Crippen molar-refractivity contribution in [3.63, 3.8) is 0 Å². The second-order valence-corrected chi connectivity index (χ2v) is 4.41. The van der Waals surface area contributed by atoms with Gasteiger partial charge in [0.2, 0.25) is 0 Å². The molecule has 1 aromatic rings. The fraction of sp³-hybridized carbons (Fsp3) is 0.500. The molecule has 0 spiro atoms. The molecule has 0 fully saturated rings. The van der Waals surface area contributed by atoms with Crippen molar-refractivity contribution in [2.45, 2.75) is 24.1 Å². The maximum atomic E-state index is 9.14. The SMILES string of the molecule is CC(N)c1ccc(SCC(O)CO)nc1. The first-order valence-corrected chi connectivity index (χ1v) is 5.75. The summed E-state index contributed by atoms with van der Waals surface area (Å²) in [6, 6.07) is 3.78. The van der Waals surface area contributed by atoms with Crippen molar-refractivity contribution < 1.29 is 10.2 Å². The lowest BCUT2D eigenvalue weighted by atomic mass is 10.2. The highest BCUT2D eigenvalue weighted by molar-refractivity contribution is 7.99. The standard InChI is InChI=1S/C10H16N2O2S/c1-7(11)8-2-3-10(12-4-8)15-6-9(14)5-13/h2-4,7,9,13-14H,5-6,11H2,1H3. The Morgan fingerprint density at radius 1 is 1.53 bits per heavy atom. The van der Waals surface area contributed by atoms with Gasteiger partial charge in [-0.15, -0.1) is 11.8 Å². The molecule has 84 valence electrons. The Balaban J connectivity index is 2.50. The van der Waals surface area contributed by atoms with Gasteiger partial charge in [-0.25, -0.2) is 4.98 Å². The highest BCUT2D eigenvalue weighted by Crippen LogP contribution is 2.17. The Kier molecular flexibility index (Phi) is 5.04. The lowest BCUT2D eigenvalue weighted by Crippen LogP contribution is -2.14. The minimum absolute atomic E-state index is 0.0143. The van der Waals surface area contributed by atoms with Gasteiger partial charge in [0.15, 0.2) is 0 Å². The summed E-state index contributed by atoms with van der Waals surface area (Å²) in [6.07, 6.45) is 1.04. The number of nitrogens with two attached hydrogens (primary N) is 1. The molecule has 0 aliphatic carbocycles. The van der Waals surface area contributed by atoms with Crippen LogP contribution in [0.5, 0.6) is 0 Å². The van der Waals surface area contributed by atoms with Gasteiger partial charge in [-0.05, 0) is 18.6 Å². The van der Waals surface area contributed by atoms with E-state index >= 15 is 0 Å². The number of pyridine rings is 1. The molecular formula is C10H16N2O2S. The van der Waals surface area contributed by atoms with Crippen LogP contribution in [0.4, 0.5) is 0 Å². The Labute approximate surface area is 93.5 Å². The van der Waals surface area contributed by atoms with Gasteiger partial charge in [-0.1, -0.05) is 6.07 Å². The van der Waals surface area contributed by atoms with E-state index in [1.807, 2.05) is 19.1 Å². The molecule has 0 aliphatic rings. The molecule has 15 heavy (non-hydrogen) atoms. The molecule has 5 heteroatoms. The average Bonchev–Trinajstić information content (AvgIpc) is 2.26. The van der Waals surface area contributed by atoms with Gasteiger partial charge in [0.25, 0.3) is 0 Å². The zero-order valence-electron chi connectivity index (χ0n) is 8.63. The fourth-order valence-corrected chi connectivity index (χ4v) is 1.74. The Morgan fingerprint density at radius 3 is 2.73 bits per heavy atom. The number of hydrogen-bond acceptors (Lipinski definition) is 5. The number of nitrogens with zero attached hydrogens (tertiary/aromatic N) is 1. The van der Waals surface area contributed by atoms with Crippen LogP contribution < -0.4 is 5.73 Å². The molecule has 1 aromatic heterocycles. The summed E-state index contributed by atoms with van der Waals surface area (Å²) in [6.45, 7) is 1.68. The number of aromatic nitrogens is 1. The number of hydrogen-bond donors (Lipinski definition) is 3. The summed E-state index contributed by atoms with van der Waals surface area (Å²) in [5, 5.41) is 18.6. The summed E-state index contributed by atoms with van der Waals surface area (Å²) in [7, 11) is 0. The van der Waals surface area contributed by atoms with Crippen molar-refractivity contribution in [3.8, 4) is 0 Å². The summed E-state index contributed by atoms with van der Waals surface area (Å²) in [5.74, 6) is 0.445. The third-order valence-electron chi connectivity index (χ3n) is 1.92. The molecule has 1 rings (SSSR count). The van der Waals surface area contributed by atoms with Crippen LogP contribution in [0.1, 0.15) is 18.5 Å². The minimum Gasteiger partial charge on any atom is -0.394 e. The molecule has 1 heterocycles. The highest BCUT2D eigenvalue weighted by Gasteiger charge is 2.04. The van der Waals surface area contributed by atoms with E-state index in [-0.39, 0.29) is 12.6 Å². The normalized spacial score (nSPS) is 14.9. The molecule has 0 saturated carbocycles. The molecule has 2 unspecified atom stereocenters. The zero-order valence-corrected chi connectivity index (χ0v) is 9.44. The second-order valence-electron chi connectivity index (χ2n) is 3.37. The first kappa shape index (κ1) is 12.4. The van der Waals surface area contributed by atoms with Crippen molar-refractivity contribution in [1.29, 1.82) is 0 Å². The van der Waals surface area contributed by atoms with Crippen molar-refractivity contribution in [2.75, 3.05) is 12.4 Å². The van der Waals surface area contributed by atoms with Gasteiger partial charge in [0.1, 0.15) is 0 Å². The van der Waals surface area contributed by atoms with E-state index < -0.39 is 6.10 Å². The fourth-order valence-electron chi connectivity index (χ4n) is 0.981. The highest BCUT2D eigenvalue weighted by atomic mass is 32.2. The van der Waals surface area contributed by atoms with Crippen LogP contribution in [-0.4, -0.2) is 33.7 Å². The minimum atomic E-state index is -0.690. The maximum absolute atomic E-state index is 9.14. The van der Waals surface area contributed by atoms with E-state index in [1.165, 1.54) is 11.8 Å². The van der Waals surface area contributed by atoms with Crippen LogP contribution in [0.2, 0.25) is 0 Å². The van der Waals surface area contributed by atoms with E-state index in [0.717, 1.165) is 10.6 Å². The molecule has 4 N–H and O–H groups in total. The van der Waals surface area contributed by atoms with Crippen LogP contribution in [0.15, 0.2) is 23.4 Å². The molecule has 4 nitrogen and oxygen atoms in total. The van der Waals surface area contributed by atoms with Gasteiger partial charge in [0, 0.05) is 18.0 Å². The molecule has 0 saturated heterocycles. The summed E-state index contributed by atoms with van der Waals surface area (Å²) < 4.78 is 0. The molecule has 2 atom stereocenters. The van der Waals surface area contributed by atoms with Gasteiger partial charge >= 0.3 is 0 Å². The second kappa shape index (κ2) is 6.07. The molecule has 0 bridgehead atoms. The Bertz CT molecular complexity index is 290. The van der Waals surface area contributed by atoms with E-state index in [2.05, 4.69) is 4.98 Å². The number of rotatable bonds is 5. The first-order chi connectivity index (χ1) is 7.13. The lowest BCUT2D eigenvalue weighted by molar-refractivity contribution is 0.113. The van der Waals surface area contributed by atoms with Gasteiger partial charge in [-0.3, -0.25) is 0 Å². The topological polar surface area (TPSA) is 79.4 Å². The molecule has 0 aliphatic heterocycles. The van der Waals surface area contributed by atoms with E-state index in [9.17, 15) is 0 Å². The quantitative estimate of drug-likeness (QED) is 0.641. The van der Waals surface area contributed by atoms with E-state index in [1.54, 1.807) is 6.20 Å². The Morgan fingerprint density at radius 2 is 2.27 bits per heavy atom. The van der Waals surface area contributed by atoms with Crippen molar-refractivity contribution >= 4 is 11.8 Å². The zero-order chi connectivity index (χ0) is 11.3. The third-order valence-corrected chi connectivity index (χ3v) is 3.01. The summed E-state index contributed by atoms with van der Waals surface area (Å²) in [4.78, 5) is 4.20. The van der Waals surface area contributed by atoms with Crippen molar-refractivity contribution in [3.05, 3.63) is 23.9 Å². The van der Waals surface area contributed by atoms with Gasteiger partial charge < -0.3 is 15.9 Å². The van der Waals surface area contributed by atoms with Crippen LogP contribution >= 0.6 is 11.8 Å². The number of aliphatic hydroxyl groups excluding tert-OH is 2. The number of aliphatic hydroxyl groups is 2. The smallest absolute Gasteiger partial charge is 0.0960 e. The largest absolute Gasteiger partial charge is 0.394 e. The third kappa shape index (κ3) is 4.17. The Hall–Kier alpha value is -0.620. The summed E-state index contributed by atoms with van der Waals surface area (Å²) in [5.41, 5.74) is 6.68. The van der Waals surface area contributed by atoms with Gasteiger partial charge in [-0.2, -0.15) is 0 Å². The van der Waals surface area contributed by atoms with Crippen molar-refractivity contribution in [2.24, 2.45) is 5.73 Å². The van der Waals surface area contributed by atoms with Crippen LogP contribution in [0.25, 0.3) is 0 Å². The van der Waals surface area contributed by atoms with Crippen LogP contribution in [0, 0.1) is 0 Å². The predicted molar refractivity (Wildman–Crippen MR) is 60.7 cm³/mol. The van der Waals surface area contributed by atoms with Gasteiger partial charge in [0.05, 0.1) is 17.7 Å². The lowest BCUT2D eigenvalue weighted by Gasteiger charge is -2.07. The molecule has 0 amide bonds. The molecular weight excluding hydrogens is 212 g/mol. The maximum Gasteiger partial charge on any atom is 0.0960 e. The van der Waals surface area contributed by atoms with E-state index in [0.29, 0.717) is 5.75 Å². The number of thioether (sulfide) groups is 1. The van der Waals surface area contributed by atoms with Crippen LogP contribution in [-0.2, 0) is 0 Å². The van der Waals surface area contributed by atoms with Crippen molar-refractivity contribution in [1.82, 2.24) is 4.98 Å². The summed E-state index contributed by atoms with van der Waals surface area (Å²) >= 11 is 1.41. The monoisotopic (exact) mass is 228 g/mol. The average molecular weight is 228 g/mol. The van der Waals surface area contributed by atoms with Crippen LogP contribution in [0.3, 0.4) is 0 Å². The predicted octanol–water partition coefficient (Wildman–Crippen LogP) is 0.547. The molecule has 0 aromatic carbocycles. The first-order valence-electron chi connectivity index (χ1n) is 4.76. The molecule has 0 radical (unpaired) electrons.